The van der Waals surface area contributed by atoms with Crippen LogP contribution >= 0.6 is 0 Å². The molecule has 0 heterocycles. The molecule has 0 aromatic rings. The van der Waals surface area contributed by atoms with E-state index in [0.29, 0.717) is 18.6 Å². The van der Waals surface area contributed by atoms with Crippen molar-refractivity contribution >= 4 is 5.97 Å². The molecule has 1 aliphatic carbocycles. The van der Waals surface area contributed by atoms with Gasteiger partial charge in [-0.15, -0.1) is 0 Å². The van der Waals surface area contributed by atoms with Gasteiger partial charge < -0.3 is 10.1 Å². The van der Waals surface area contributed by atoms with Gasteiger partial charge in [0.2, 0.25) is 0 Å². The summed E-state index contributed by atoms with van der Waals surface area (Å²) in [6.45, 7) is 6.45. The molecule has 0 aromatic heterocycles. The normalized spacial score (nSPS) is 28.5. The molecule has 3 nitrogen and oxygen atoms in total. The molecule has 0 radical (unpaired) electrons. The van der Waals surface area contributed by atoms with Crippen molar-refractivity contribution in [1.82, 2.24) is 5.32 Å². The van der Waals surface area contributed by atoms with Gasteiger partial charge in [-0.2, -0.15) is 0 Å². The van der Waals surface area contributed by atoms with Gasteiger partial charge in [0, 0.05) is 6.04 Å². The van der Waals surface area contributed by atoms with Crippen LogP contribution in [-0.2, 0) is 9.53 Å². The molecule has 1 saturated carbocycles. The summed E-state index contributed by atoms with van der Waals surface area (Å²) in [6, 6.07) is 0.314. The van der Waals surface area contributed by atoms with Crippen LogP contribution in [0.5, 0.6) is 0 Å². The smallest absolute Gasteiger partial charge is 0.322 e. The molecule has 3 heteroatoms. The minimum Gasteiger partial charge on any atom is -0.465 e. The maximum atomic E-state index is 11.4. The Kier molecular flexibility index (Phi) is 5.09. The largest absolute Gasteiger partial charge is 0.465 e. The second-order valence-electron chi connectivity index (χ2n) is 4.51. The number of hydrogen-bond acceptors (Lipinski definition) is 3. The molecule has 0 saturated heterocycles. The molecule has 3 atom stereocenters. The van der Waals surface area contributed by atoms with Gasteiger partial charge >= 0.3 is 5.97 Å². The predicted molar refractivity (Wildman–Crippen MR) is 60.7 cm³/mol. The Morgan fingerprint density at radius 3 is 2.73 bits per heavy atom. The fraction of sp³-hybridized carbons (Fsp3) is 0.917. The third-order valence-electron chi connectivity index (χ3n) is 3.22. The van der Waals surface area contributed by atoms with E-state index in [1.165, 1.54) is 25.7 Å². The number of rotatable bonds is 4. The van der Waals surface area contributed by atoms with E-state index < -0.39 is 0 Å². The van der Waals surface area contributed by atoms with Crippen molar-refractivity contribution in [3.8, 4) is 0 Å². The summed E-state index contributed by atoms with van der Waals surface area (Å²) in [6.07, 6.45) is 5.06. The van der Waals surface area contributed by atoms with E-state index in [0.717, 1.165) is 0 Å². The van der Waals surface area contributed by atoms with Crippen LogP contribution in [0, 0.1) is 5.92 Å². The minimum atomic E-state index is -0.171. The Labute approximate surface area is 92.6 Å². The van der Waals surface area contributed by atoms with Crippen molar-refractivity contribution < 1.29 is 9.53 Å². The average Bonchev–Trinajstić information content (AvgIpc) is 2.21. The topological polar surface area (TPSA) is 38.3 Å². The van der Waals surface area contributed by atoms with Crippen LogP contribution in [0.4, 0.5) is 0 Å². The van der Waals surface area contributed by atoms with E-state index in [1.54, 1.807) is 0 Å². The predicted octanol–water partition coefficient (Wildman–Crippen LogP) is 2.11. The Hall–Kier alpha value is -0.570. The van der Waals surface area contributed by atoms with Crippen molar-refractivity contribution in [2.75, 3.05) is 6.61 Å². The molecule has 1 fully saturated rings. The van der Waals surface area contributed by atoms with Crippen LogP contribution in [0.25, 0.3) is 0 Å². The third-order valence-corrected chi connectivity index (χ3v) is 3.22. The van der Waals surface area contributed by atoms with E-state index >= 15 is 0 Å². The van der Waals surface area contributed by atoms with Gasteiger partial charge in [0.1, 0.15) is 6.04 Å². The first-order valence-electron chi connectivity index (χ1n) is 6.07. The summed E-state index contributed by atoms with van der Waals surface area (Å²) in [4.78, 5) is 11.4. The van der Waals surface area contributed by atoms with Gasteiger partial charge in [-0.3, -0.25) is 4.79 Å². The van der Waals surface area contributed by atoms with Crippen molar-refractivity contribution in [3.05, 3.63) is 0 Å². The van der Waals surface area contributed by atoms with E-state index in [9.17, 15) is 4.79 Å². The molecule has 15 heavy (non-hydrogen) atoms. The summed E-state index contributed by atoms with van der Waals surface area (Å²) in [7, 11) is 0. The maximum Gasteiger partial charge on any atom is 0.322 e. The van der Waals surface area contributed by atoms with Gasteiger partial charge in [0.25, 0.3) is 0 Å². The van der Waals surface area contributed by atoms with Crippen molar-refractivity contribution in [2.24, 2.45) is 5.92 Å². The molecule has 1 rings (SSSR count). The molecule has 0 aliphatic heterocycles. The standard InChI is InChI=1S/C12H23NO2/c1-4-15-12(14)10(3)13-11-8-6-5-7-9(11)2/h9-11,13H,4-8H2,1-3H3. The lowest BCUT2D eigenvalue weighted by atomic mass is 9.85. The van der Waals surface area contributed by atoms with Crippen LogP contribution in [-0.4, -0.2) is 24.7 Å². The highest BCUT2D eigenvalue weighted by Gasteiger charge is 2.25. The van der Waals surface area contributed by atoms with Crippen LogP contribution in [0.15, 0.2) is 0 Å². The van der Waals surface area contributed by atoms with E-state index in [2.05, 4.69) is 12.2 Å². The average molecular weight is 213 g/mol. The molecular formula is C12H23NO2. The first-order valence-corrected chi connectivity index (χ1v) is 6.07. The second-order valence-corrected chi connectivity index (χ2v) is 4.51. The lowest BCUT2D eigenvalue weighted by molar-refractivity contribution is -0.145. The highest BCUT2D eigenvalue weighted by Crippen LogP contribution is 2.24. The highest BCUT2D eigenvalue weighted by atomic mass is 16.5. The van der Waals surface area contributed by atoms with Crippen molar-refractivity contribution in [2.45, 2.75) is 58.5 Å². The molecule has 88 valence electrons. The molecule has 1 N–H and O–H groups in total. The molecule has 3 unspecified atom stereocenters. The quantitative estimate of drug-likeness (QED) is 0.727. The Bertz CT molecular complexity index is 206. The molecular weight excluding hydrogens is 190 g/mol. The zero-order chi connectivity index (χ0) is 11.3. The van der Waals surface area contributed by atoms with Gasteiger partial charge in [-0.05, 0) is 32.6 Å². The van der Waals surface area contributed by atoms with Gasteiger partial charge in [-0.25, -0.2) is 0 Å². The number of nitrogens with one attached hydrogen (secondary N) is 1. The highest BCUT2D eigenvalue weighted by molar-refractivity contribution is 5.75. The zero-order valence-corrected chi connectivity index (χ0v) is 10.1. The summed E-state index contributed by atoms with van der Waals surface area (Å²) in [5.74, 6) is 0.547. The number of esters is 1. The molecule has 0 bridgehead atoms. The Morgan fingerprint density at radius 2 is 2.13 bits per heavy atom. The molecule has 1 aliphatic rings. The fourth-order valence-electron chi connectivity index (χ4n) is 2.22. The minimum absolute atomic E-state index is 0.129. The number of carbonyl (C=O) groups excluding carboxylic acids is 1. The molecule has 0 aromatic carbocycles. The number of hydrogen-bond donors (Lipinski definition) is 1. The first kappa shape index (κ1) is 12.5. The summed E-state index contributed by atoms with van der Waals surface area (Å²) in [5, 5.41) is 3.38. The zero-order valence-electron chi connectivity index (χ0n) is 10.1. The summed E-state index contributed by atoms with van der Waals surface area (Å²) in [5.41, 5.74) is 0. The molecule has 0 spiro atoms. The Morgan fingerprint density at radius 1 is 1.47 bits per heavy atom. The maximum absolute atomic E-state index is 11.4. The van der Waals surface area contributed by atoms with Crippen LogP contribution in [0.2, 0.25) is 0 Å². The monoisotopic (exact) mass is 213 g/mol. The Balaban J connectivity index is 2.35. The molecule has 0 amide bonds. The summed E-state index contributed by atoms with van der Waals surface area (Å²) >= 11 is 0. The van der Waals surface area contributed by atoms with Crippen LogP contribution in [0.1, 0.15) is 46.5 Å². The SMILES string of the molecule is CCOC(=O)C(C)NC1CCCCC1C. The van der Waals surface area contributed by atoms with Gasteiger partial charge in [0.05, 0.1) is 6.61 Å². The summed E-state index contributed by atoms with van der Waals surface area (Å²) < 4.78 is 4.98. The number of carbonyl (C=O) groups is 1. The lowest BCUT2D eigenvalue weighted by Crippen LogP contribution is -2.46. The van der Waals surface area contributed by atoms with Gasteiger partial charge in [-0.1, -0.05) is 19.8 Å². The first-order chi connectivity index (χ1) is 7.15. The van der Waals surface area contributed by atoms with E-state index in [-0.39, 0.29) is 12.0 Å². The van der Waals surface area contributed by atoms with E-state index in [4.69, 9.17) is 4.74 Å². The second kappa shape index (κ2) is 6.11. The van der Waals surface area contributed by atoms with Crippen LogP contribution in [0.3, 0.4) is 0 Å². The van der Waals surface area contributed by atoms with Crippen LogP contribution < -0.4 is 5.32 Å². The van der Waals surface area contributed by atoms with E-state index in [1.807, 2.05) is 13.8 Å². The van der Waals surface area contributed by atoms with Gasteiger partial charge in [0.15, 0.2) is 0 Å². The van der Waals surface area contributed by atoms with Crippen molar-refractivity contribution in [3.63, 3.8) is 0 Å². The third kappa shape index (κ3) is 3.82. The number of ether oxygens (including phenoxy) is 1. The van der Waals surface area contributed by atoms with Crippen molar-refractivity contribution in [1.29, 1.82) is 0 Å². The fourth-order valence-corrected chi connectivity index (χ4v) is 2.22. The lowest BCUT2D eigenvalue weighted by Gasteiger charge is -2.31.